The lowest BCUT2D eigenvalue weighted by Gasteiger charge is -2.26. The van der Waals surface area contributed by atoms with Crippen LogP contribution in [0.25, 0.3) is 0 Å². The fraction of sp³-hybridized carbons (Fsp3) is 0.455. The molecule has 1 aliphatic heterocycles. The summed E-state index contributed by atoms with van der Waals surface area (Å²) in [6.45, 7) is 0.681. The van der Waals surface area contributed by atoms with E-state index in [0.29, 0.717) is 13.0 Å². The van der Waals surface area contributed by atoms with Crippen LogP contribution in [0.5, 0.6) is 0 Å². The van der Waals surface area contributed by atoms with Gasteiger partial charge in [0.25, 0.3) is 0 Å². The number of ether oxygens (including phenoxy) is 1. The minimum absolute atomic E-state index is 0.338. The molecule has 1 aliphatic rings. The lowest BCUT2D eigenvalue weighted by Crippen LogP contribution is -2.23. The molecule has 0 bridgehead atoms. The Hall–Kier alpha value is -0.890. The molecule has 1 aromatic rings. The zero-order valence-corrected chi connectivity index (χ0v) is 7.45. The molecule has 0 radical (unpaired) electrons. The van der Waals surface area contributed by atoms with Gasteiger partial charge >= 0.3 is 0 Å². The van der Waals surface area contributed by atoms with Gasteiger partial charge in [0.1, 0.15) is 12.3 Å². The largest absolute Gasteiger partial charge is 0.370 e. The van der Waals surface area contributed by atoms with Crippen LogP contribution in [0.4, 0.5) is 4.39 Å². The molecule has 0 N–H and O–H groups in total. The van der Waals surface area contributed by atoms with Gasteiger partial charge in [0.2, 0.25) is 0 Å². The van der Waals surface area contributed by atoms with Gasteiger partial charge < -0.3 is 4.74 Å². The fourth-order valence-electron chi connectivity index (χ4n) is 1.69. The maximum absolute atomic E-state index is 13.4. The summed E-state index contributed by atoms with van der Waals surface area (Å²) in [5, 5.41) is 0. The van der Waals surface area contributed by atoms with Crippen LogP contribution in [0.2, 0.25) is 0 Å². The number of hydrogen-bond acceptors (Lipinski definition) is 1. The first-order chi connectivity index (χ1) is 6.38. The molecule has 2 atom stereocenters. The van der Waals surface area contributed by atoms with Gasteiger partial charge in [-0.1, -0.05) is 30.3 Å². The van der Waals surface area contributed by atoms with Gasteiger partial charge in [0.15, 0.2) is 0 Å². The topological polar surface area (TPSA) is 9.23 Å². The lowest BCUT2D eigenvalue weighted by molar-refractivity contribution is -0.0415. The van der Waals surface area contributed by atoms with Gasteiger partial charge in [-0.2, -0.15) is 0 Å². The Morgan fingerprint density at radius 2 is 2.00 bits per heavy atom. The number of halogens is 1. The minimum Gasteiger partial charge on any atom is -0.370 e. The van der Waals surface area contributed by atoms with E-state index in [4.69, 9.17) is 4.74 Å². The molecule has 2 rings (SSSR count). The first kappa shape index (κ1) is 8.70. The molecule has 1 heterocycles. The first-order valence-electron chi connectivity index (χ1n) is 4.68. The predicted octanol–water partition coefficient (Wildman–Crippen LogP) is 2.88. The summed E-state index contributed by atoms with van der Waals surface area (Å²) in [6.07, 6.45) is 0.287. The summed E-state index contributed by atoms with van der Waals surface area (Å²) in [6, 6.07) is 9.60. The predicted molar refractivity (Wildman–Crippen MR) is 49.3 cm³/mol. The van der Waals surface area contributed by atoms with Crippen molar-refractivity contribution in [3.8, 4) is 0 Å². The third kappa shape index (κ3) is 1.89. The van der Waals surface area contributed by atoms with Crippen LogP contribution in [0.15, 0.2) is 30.3 Å². The molecule has 2 heteroatoms. The summed E-state index contributed by atoms with van der Waals surface area (Å²) in [4.78, 5) is 0. The molecular weight excluding hydrogens is 167 g/mol. The van der Waals surface area contributed by atoms with Crippen molar-refractivity contribution in [2.75, 3.05) is 6.61 Å². The van der Waals surface area contributed by atoms with Crippen molar-refractivity contribution >= 4 is 0 Å². The van der Waals surface area contributed by atoms with Gasteiger partial charge in [-0.3, -0.25) is 0 Å². The molecular formula is C11H13FO. The second-order valence-corrected chi connectivity index (χ2v) is 3.36. The number of rotatable bonds is 1. The van der Waals surface area contributed by atoms with Gasteiger partial charge in [-0.15, -0.1) is 0 Å². The zero-order chi connectivity index (χ0) is 9.10. The van der Waals surface area contributed by atoms with E-state index in [0.717, 1.165) is 12.0 Å². The zero-order valence-electron chi connectivity index (χ0n) is 7.45. The number of benzene rings is 1. The van der Waals surface area contributed by atoms with E-state index in [-0.39, 0.29) is 6.10 Å². The van der Waals surface area contributed by atoms with Crippen LogP contribution < -0.4 is 0 Å². The van der Waals surface area contributed by atoms with E-state index in [1.807, 2.05) is 30.3 Å². The monoisotopic (exact) mass is 180 g/mol. The van der Waals surface area contributed by atoms with Crippen molar-refractivity contribution in [1.29, 1.82) is 0 Å². The Labute approximate surface area is 77.5 Å². The summed E-state index contributed by atoms with van der Waals surface area (Å²) in [7, 11) is 0. The quantitative estimate of drug-likeness (QED) is 0.645. The standard InChI is InChI=1S/C11H13FO/c12-10-7-4-8-13-11(10)9-5-2-1-3-6-9/h1-3,5-6,10-11H,4,7-8H2/t10-,11+/m1/s1. The molecule has 1 nitrogen and oxygen atoms in total. The second kappa shape index (κ2) is 3.88. The summed E-state index contributed by atoms with van der Waals surface area (Å²) in [5.74, 6) is 0. The molecule has 0 spiro atoms. The Balaban J connectivity index is 2.15. The molecule has 1 fully saturated rings. The Bertz CT molecular complexity index is 260. The van der Waals surface area contributed by atoms with Crippen molar-refractivity contribution in [3.63, 3.8) is 0 Å². The van der Waals surface area contributed by atoms with Crippen LogP contribution >= 0.6 is 0 Å². The fourth-order valence-corrected chi connectivity index (χ4v) is 1.69. The van der Waals surface area contributed by atoms with Crippen LogP contribution in [0.1, 0.15) is 24.5 Å². The Morgan fingerprint density at radius 3 is 2.69 bits per heavy atom. The molecule has 13 heavy (non-hydrogen) atoms. The van der Waals surface area contributed by atoms with Gasteiger partial charge in [0.05, 0.1) is 0 Å². The second-order valence-electron chi connectivity index (χ2n) is 3.36. The highest BCUT2D eigenvalue weighted by Gasteiger charge is 2.26. The average molecular weight is 180 g/mol. The Morgan fingerprint density at radius 1 is 1.23 bits per heavy atom. The third-order valence-electron chi connectivity index (χ3n) is 2.38. The maximum Gasteiger partial charge on any atom is 0.130 e. The molecule has 0 aliphatic carbocycles. The first-order valence-corrected chi connectivity index (χ1v) is 4.68. The normalized spacial score (nSPS) is 28.7. The molecule has 0 unspecified atom stereocenters. The third-order valence-corrected chi connectivity index (χ3v) is 2.38. The molecule has 0 saturated carbocycles. The highest BCUT2D eigenvalue weighted by molar-refractivity contribution is 5.19. The van der Waals surface area contributed by atoms with Crippen LogP contribution in [0.3, 0.4) is 0 Å². The van der Waals surface area contributed by atoms with E-state index in [9.17, 15) is 4.39 Å². The Kier molecular flexibility index (Phi) is 2.60. The molecule has 1 aromatic carbocycles. The van der Waals surface area contributed by atoms with Gasteiger partial charge in [-0.25, -0.2) is 4.39 Å². The highest BCUT2D eigenvalue weighted by Crippen LogP contribution is 2.30. The van der Waals surface area contributed by atoms with Crippen LogP contribution in [-0.4, -0.2) is 12.8 Å². The maximum atomic E-state index is 13.4. The average Bonchev–Trinajstić information content (AvgIpc) is 2.20. The van der Waals surface area contributed by atoms with E-state index in [1.165, 1.54) is 0 Å². The highest BCUT2D eigenvalue weighted by atomic mass is 19.1. The SMILES string of the molecule is F[C@@H]1CCCO[C@H]1c1ccccc1. The smallest absolute Gasteiger partial charge is 0.130 e. The van der Waals surface area contributed by atoms with E-state index >= 15 is 0 Å². The van der Waals surface area contributed by atoms with Crippen LogP contribution in [0, 0.1) is 0 Å². The summed E-state index contributed by atoms with van der Waals surface area (Å²) < 4.78 is 18.8. The molecule has 0 amide bonds. The van der Waals surface area contributed by atoms with Gasteiger partial charge in [0, 0.05) is 6.61 Å². The lowest BCUT2D eigenvalue weighted by atomic mass is 10.00. The number of hydrogen-bond donors (Lipinski definition) is 0. The van der Waals surface area contributed by atoms with Crippen molar-refractivity contribution < 1.29 is 9.13 Å². The molecule has 1 saturated heterocycles. The molecule has 70 valence electrons. The van der Waals surface area contributed by atoms with Crippen LogP contribution in [-0.2, 0) is 4.74 Å². The van der Waals surface area contributed by atoms with E-state index < -0.39 is 6.17 Å². The van der Waals surface area contributed by atoms with Crippen molar-refractivity contribution in [1.82, 2.24) is 0 Å². The molecule has 0 aromatic heterocycles. The summed E-state index contributed by atoms with van der Waals surface area (Å²) >= 11 is 0. The van der Waals surface area contributed by atoms with Crippen molar-refractivity contribution in [2.24, 2.45) is 0 Å². The number of alkyl halides is 1. The minimum atomic E-state index is -0.837. The van der Waals surface area contributed by atoms with E-state index in [2.05, 4.69) is 0 Å². The van der Waals surface area contributed by atoms with Crippen molar-refractivity contribution in [3.05, 3.63) is 35.9 Å². The summed E-state index contributed by atoms with van der Waals surface area (Å²) in [5.41, 5.74) is 0.953. The van der Waals surface area contributed by atoms with Crippen molar-refractivity contribution in [2.45, 2.75) is 25.1 Å². The van der Waals surface area contributed by atoms with E-state index in [1.54, 1.807) is 0 Å². The van der Waals surface area contributed by atoms with Gasteiger partial charge in [-0.05, 0) is 18.4 Å².